The number of benzene rings is 2. The molecule has 3 rings (SSSR count). The Labute approximate surface area is 170 Å². The van der Waals surface area contributed by atoms with Crippen LogP contribution in [-0.2, 0) is 11.2 Å². The first kappa shape index (κ1) is 21.6. The molecule has 1 heterocycles. The number of halogens is 3. The lowest BCUT2D eigenvalue weighted by molar-refractivity contribution is -0.191. The predicted octanol–water partition coefficient (Wildman–Crippen LogP) is 5.94. The van der Waals surface area contributed by atoms with Gasteiger partial charge in [-0.2, -0.15) is 13.2 Å². The van der Waals surface area contributed by atoms with Crippen molar-refractivity contribution in [3.8, 4) is 0 Å². The fourth-order valence-corrected chi connectivity index (χ4v) is 4.12. The second kappa shape index (κ2) is 8.34. The van der Waals surface area contributed by atoms with Gasteiger partial charge in [-0.3, -0.25) is 10.2 Å². The standard InChI is InChI=1S/C23H29F3N2O/c1-4-5-6-7-10-16-11-8-12-17-13-9-14-18(19(16)17)20(23(24,25)26)28-15-22(2,3)21(29)27-28/h8-9,11-14,20H,4-7,10,15H2,1-3H3,(H,27,29). The van der Waals surface area contributed by atoms with Gasteiger partial charge in [0.15, 0.2) is 6.04 Å². The van der Waals surface area contributed by atoms with E-state index in [4.69, 9.17) is 0 Å². The van der Waals surface area contributed by atoms with Crippen LogP contribution < -0.4 is 5.43 Å². The summed E-state index contributed by atoms with van der Waals surface area (Å²) in [5, 5.41) is 2.52. The molecule has 29 heavy (non-hydrogen) atoms. The van der Waals surface area contributed by atoms with Crippen LogP contribution in [0.25, 0.3) is 10.8 Å². The smallest absolute Gasteiger partial charge is 0.287 e. The van der Waals surface area contributed by atoms with Crippen LogP contribution in [0.1, 0.15) is 63.6 Å². The summed E-state index contributed by atoms with van der Waals surface area (Å²) < 4.78 is 42.8. The summed E-state index contributed by atoms with van der Waals surface area (Å²) in [7, 11) is 0. The highest BCUT2D eigenvalue weighted by atomic mass is 19.4. The number of nitrogens with zero attached hydrogens (tertiary/aromatic N) is 1. The van der Waals surface area contributed by atoms with Gasteiger partial charge in [0.25, 0.3) is 0 Å². The molecule has 1 N–H and O–H groups in total. The average Bonchev–Trinajstić information content (AvgIpc) is 2.90. The van der Waals surface area contributed by atoms with Crippen LogP contribution in [0, 0.1) is 5.41 Å². The Balaban J connectivity index is 2.06. The third kappa shape index (κ3) is 4.58. The lowest BCUT2D eigenvalue weighted by Crippen LogP contribution is -2.43. The first-order valence-corrected chi connectivity index (χ1v) is 10.3. The minimum Gasteiger partial charge on any atom is -0.287 e. The molecule has 1 fully saturated rings. The highest BCUT2D eigenvalue weighted by Crippen LogP contribution is 2.43. The molecule has 2 aromatic carbocycles. The molecule has 1 unspecified atom stereocenters. The molecule has 0 aromatic heterocycles. The van der Waals surface area contributed by atoms with Crippen LogP contribution in [0.3, 0.4) is 0 Å². The van der Waals surface area contributed by atoms with Gasteiger partial charge in [0.2, 0.25) is 5.91 Å². The fraction of sp³-hybridized carbons (Fsp3) is 0.522. The molecule has 1 aliphatic rings. The maximum Gasteiger partial charge on any atom is 0.409 e. The molecule has 158 valence electrons. The normalized spacial score (nSPS) is 18.2. The third-order valence-corrected chi connectivity index (χ3v) is 5.66. The highest BCUT2D eigenvalue weighted by molar-refractivity contribution is 5.90. The first-order chi connectivity index (χ1) is 13.6. The monoisotopic (exact) mass is 406 g/mol. The molecular weight excluding hydrogens is 377 g/mol. The van der Waals surface area contributed by atoms with Gasteiger partial charge in [0, 0.05) is 6.54 Å². The van der Waals surface area contributed by atoms with Crippen LogP contribution in [-0.4, -0.2) is 23.6 Å². The number of rotatable bonds is 7. The number of amides is 1. The van der Waals surface area contributed by atoms with Gasteiger partial charge < -0.3 is 0 Å². The Morgan fingerprint density at radius 2 is 1.79 bits per heavy atom. The summed E-state index contributed by atoms with van der Waals surface area (Å²) in [6.45, 7) is 5.47. The number of hydrogen-bond donors (Lipinski definition) is 1. The van der Waals surface area contributed by atoms with Crippen molar-refractivity contribution >= 4 is 16.7 Å². The topological polar surface area (TPSA) is 32.3 Å². The lowest BCUT2D eigenvalue weighted by atomic mass is 9.90. The largest absolute Gasteiger partial charge is 0.409 e. The van der Waals surface area contributed by atoms with E-state index >= 15 is 0 Å². The molecule has 1 aliphatic heterocycles. The lowest BCUT2D eigenvalue weighted by Gasteiger charge is -2.31. The van der Waals surface area contributed by atoms with Crippen molar-refractivity contribution < 1.29 is 18.0 Å². The van der Waals surface area contributed by atoms with Crippen molar-refractivity contribution in [2.75, 3.05) is 6.54 Å². The van der Waals surface area contributed by atoms with E-state index in [9.17, 15) is 18.0 Å². The Kier molecular flexibility index (Phi) is 6.22. The zero-order chi connectivity index (χ0) is 21.2. The maximum absolute atomic E-state index is 14.3. The number of nitrogens with one attached hydrogen (secondary N) is 1. The Hall–Kier alpha value is -2.08. The van der Waals surface area contributed by atoms with E-state index in [0.717, 1.165) is 48.1 Å². The quantitative estimate of drug-likeness (QED) is 0.577. The van der Waals surface area contributed by atoms with Crippen LogP contribution in [0.5, 0.6) is 0 Å². The molecule has 0 radical (unpaired) electrons. The van der Waals surface area contributed by atoms with E-state index < -0.39 is 17.6 Å². The molecule has 3 nitrogen and oxygen atoms in total. The van der Waals surface area contributed by atoms with Crippen LogP contribution >= 0.6 is 0 Å². The van der Waals surface area contributed by atoms with Gasteiger partial charge >= 0.3 is 6.18 Å². The molecule has 0 spiro atoms. The van der Waals surface area contributed by atoms with E-state index in [1.807, 2.05) is 24.3 Å². The van der Waals surface area contributed by atoms with Gasteiger partial charge in [-0.1, -0.05) is 62.6 Å². The van der Waals surface area contributed by atoms with Gasteiger partial charge in [-0.05, 0) is 48.6 Å². The summed E-state index contributed by atoms with van der Waals surface area (Å²) in [6.07, 6.45) is 0.479. The summed E-state index contributed by atoms with van der Waals surface area (Å²) in [6, 6.07) is 8.88. The van der Waals surface area contributed by atoms with Crippen molar-refractivity contribution in [2.45, 2.75) is 65.1 Å². The van der Waals surface area contributed by atoms with E-state index in [1.54, 1.807) is 26.0 Å². The third-order valence-electron chi connectivity index (χ3n) is 5.66. The number of fused-ring (bicyclic) bond motifs is 1. The van der Waals surface area contributed by atoms with Crippen LogP contribution in [0.4, 0.5) is 13.2 Å². The second-order valence-electron chi connectivity index (χ2n) is 8.57. The van der Waals surface area contributed by atoms with Crippen molar-refractivity contribution in [3.05, 3.63) is 47.5 Å². The van der Waals surface area contributed by atoms with Crippen molar-refractivity contribution in [1.82, 2.24) is 10.4 Å². The van der Waals surface area contributed by atoms with Gasteiger partial charge in [0.1, 0.15) is 0 Å². The average molecular weight is 406 g/mol. The maximum atomic E-state index is 14.3. The summed E-state index contributed by atoms with van der Waals surface area (Å²) in [5.74, 6) is -0.383. The molecule has 0 aliphatic carbocycles. The van der Waals surface area contributed by atoms with Crippen LogP contribution in [0.2, 0.25) is 0 Å². The summed E-state index contributed by atoms with van der Waals surface area (Å²) >= 11 is 0. The number of unbranched alkanes of at least 4 members (excludes halogenated alkanes) is 3. The number of hydrogen-bond acceptors (Lipinski definition) is 2. The van der Waals surface area contributed by atoms with Gasteiger partial charge in [0.05, 0.1) is 5.41 Å². The zero-order valence-corrected chi connectivity index (χ0v) is 17.3. The van der Waals surface area contributed by atoms with E-state index in [0.29, 0.717) is 5.39 Å². The number of carbonyl (C=O) groups excluding carboxylic acids is 1. The molecule has 0 bridgehead atoms. The Morgan fingerprint density at radius 1 is 1.10 bits per heavy atom. The zero-order valence-electron chi connectivity index (χ0n) is 17.3. The van der Waals surface area contributed by atoms with Gasteiger partial charge in [-0.15, -0.1) is 0 Å². The SMILES string of the molecule is CCCCCCc1cccc2cccc(C(N3CC(C)(C)C(=O)N3)C(F)(F)F)c12. The van der Waals surface area contributed by atoms with E-state index in [-0.39, 0.29) is 18.0 Å². The minimum atomic E-state index is -4.52. The molecule has 1 amide bonds. The predicted molar refractivity (Wildman–Crippen MR) is 109 cm³/mol. The number of hydrazine groups is 1. The second-order valence-corrected chi connectivity index (χ2v) is 8.57. The van der Waals surface area contributed by atoms with Crippen LogP contribution in [0.15, 0.2) is 36.4 Å². The van der Waals surface area contributed by atoms with E-state index in [2.05, 4.69) is 12.3 Å². The molecular formula is C23H29F3N2O. The molecule has 0 saturated carbocycles. The fourth-order valence-electron chi connectivity index (χ4n) is 4.12. The molecule has 1 saturated heterocycles. The van der Waals surface area contributed by atoms with Crippen molar-refractivity contribution in [3.63, 3.8) is 0 Å². The number of carbonyl (C=O) groups is 1. The van der Waals surface area contributed by atoms with E-state index in [1.165, 1.54) is 0 Å². The summed E-state index contributed by atoms with van der Waals surface area (Å²) in [5.41, 5.74) is 2.75. The summed E-state index contributed by atoms with van der Waals surface area (Å²) in [4.78, 5) is 12.2. The minimum absolute atomic E-state index is 0.00502. The van der Waals surface area contributed by atoms with Crippen molar-refractivity contribution in [2.24, 2.45) is 5.41 Å². The van der Waals surface area contributed by atoms with Gasteiger partial charge in [-0.25, -0.2) is 5.01 Å². The first-order valence-electron chi connectivity index (χ1n) is 10.3. The molecule has 2 aromatic rings. The van der Waals surface area contributed by atoms with Crippen molar-refractivity contribution in [1.29, 1.82) is 0 Å². The number of alkyl halides is 3. The number of aryl methyl sites for hydroxylation is 1. The Morgan fingerprint density at radius 3 is 2.38 bits per heavy atom. The molecule has 1 atom stereocenters. The highest BCUT2D eigenvalue weighted by Gasteiger charge is 2.51. The Bertz CT molecular complexity index is 871. The molecule has 6 heteroatoms.